The predicted octanol–water partition coefficient (Wildman–Crippen LogP) is 2.07. The van der Waals surface area contributed by atoms with Crippen LogP contribution < -0.4 is 0 Å². The smallest absolute Gasteiger partial charge is 0.392 e. The second kappa shape index (κ2) is 8.02. The summed E-state index contributed by atoms with van der Waals surface area (Å²) < 4.78 is 43.1. The summed E-state index contributed by atoms with van der Waals surface area (Å²) in [6.07, 6.45) is -2.02. The Hall–Kier alpha value is -1.51. The third-order valence-electron chi connectivity index (χ3n) is 5.09. The Bertz CT molecular complexity index is 615. The fraction of sp³-hybridized carbons (Fsp3) is 0.667. The Morgan fingerprint density at radius 1 is 1.31 bits per heavy atom. The molecule has 0 bridgehead atoms. The first kappa shape index (κ1) is 19.3. The van der Waals surface area contributed by atoms with Crippen molar-refractivity contribution >= 4 is 5.78 Å². The summed E-state index contributed by atoms with van der Waals surface area (Å²) in [5.74, 6) is 0.328. The number of hydrogen-bond acceptors (Lipinski definition) is 5. The second-order valence-corrected chi connectivity index (χ2v) is 7.09. The Kier molecular flexibility index (Phi) is 5.94. The molecule has 0 aromatic carbocycles. The van der Waals surface area contributed by atoms with E-state index in [1.54, 1.807) is 0 Å². The van der Waals surface area contributed by atoms with Gasteiger partial charge in [0.25, 0.3) is 0 Å². The molecule has 2 atom stereocenters. The predicted molar refractivity (Wildman–Crippen MR) is 87.5 cm³/mol. The average Bonchev–Trinajstić information content (AvgIpc) is 2.96. The molecule has 2 aliphatic rings. The van der Waals surface area contributed by atoms with Gasteiger partial charge in [-0.25, -0.2) is 0 Å². The van der Waals surface area contributed by atoms with Crippen LogP contribution in [0.1, 0.15) is 30.5 Å². The molecule has 3 rings (SSSR count). The van der Waals surface area contributed by atoms with Crippen LogP contribution in [0.2, 0.25) is 0 Å². The molecule has 0 spiro atoms. The maximum atomic E-state index is 12.7. The molecule has 0 saturated carbocycles. The van der Waals surface area contributed by atoms with Gasteiger partial charge in [-0.15, -0.1) is 0 Å². The third kappa shape index (κ3) is 4.81. The standard InChI is InChI=1S/C18H23F3N2O3/c19-18(20,21)13-1-2-14(22-9-13)7-17(25)16-8-15(24)11-23(16)10-12-3-5-26-6-4-12/h1-2,9,12,15-16,24H,3-8,10-11H2/t15-,16+/m1/s1. The van der Waals surface area contributed by atoms with Crippen molar-refractivity contribution in [1.29, 1.82) is 0 Å². The number of aromatic nitrogens is 1. The Labute approximate surface area is 150 Å². The number of carbonyl (C=O) groups is 1. The average molecular weight is 372 g/mol. The van der Waals surface area contributed by atoms with Gasteiger partial charge in [-0.05, 0) is 37.3 Å². The number of nitrogens with zero attached hydrogens (tertiary/aromatic N) is 2. The van der Waals surface area contributed by atoms with Gasteiger partial charge in [-0.1, -0.05) is 0 Å². The van der Waals surface area contributed by atoms with Crippen LogP contribution in [-0.4, -0.2) is 59.2 Å². The molecular formula is C18H23F3N2O3. The summed E-state index contributed by atoms with van der Waals surface area (Å²) in [6.45, 7) is 2.62. The van der Waals surface area contributed by atoms with Crippen molar-refractivity contribution in [2.75, 3.05) is 26.3 Å². The fourth-order valence-electron chi connectivity index (χ4n) is 3.67. The highest BCUT2D eigenvalue weighted by molar-refractivity contribution is 5.86. The van der Waals surface area contributed by atoms with Gasteiger partial charge in [0.15, 0.2) is 5.78 Å². The van der Waals surface area contributed by atoms with Crippen LogP contribution in [0.5, 0.6) is 0 Å². The van der Waals surface area contributed by atoms with Crippen LogP contribution in [0.15, 0.2) is 18.3 Å². The van der Waals surface area contributed by atoms with Crippen molar-refractivity contribution < 1.29 is 27.8 Å². The number of Topliss-reactive ketones (excluding diaryl/α,β-unsaturated/α-hetero) is 1. The number of alkyl halides is 3. The van der Waals surface area contributed by atoms with Gasteiger partial charge in [-0.3, -0.25) is 14.7 Å². The highest BCUT2D eigenvalue weighted by Gasteiger charge is 2.37. The van der Waals surface area contributed by atoms with Gasteiger partial charge < -0.3 is 9.84 Å². The number of β-amino-alcohol motifs (C(OH)–C–C–N with tert-alkyl or cyclic N) is 1. The molecule has 1 aromatic heterocycles. The van der Waals surface area contributed by atoms with Crippen LogP contribution in [-0.2, 0) is 22.1 Å². The number of ether oxygens (including phenoxy) is 1. The zero-order valence-electron chi connectivity index (χ0n) is 14.4. The molecule has 5 nitrogen and oxygen atoms in total. The number of aliphatic hydroxyl groups excluding tert-OH is 1. The fourth-order valence-corrected chi connectivity index (χ4v) is 3.67. The highest BCUT2D eigenvalue weighted by Crippen LogP contribution is 2.29. The molecular weight excluding hydrogens is 349 g/mol. The van der Waals surface area contributed by atoms with Crippen molar-refractivity contribution in [2.24, 2.45) is 5.92 Å². The lowest BCUT2D eigenvalue weighted by molar-refractivity contribution is -0.137. The van der Waals surface area contributed by atoms with Gasteiger partial charge >= 0.3 is 6.18 Å². The lowest BCUT2D eigenvalue weighted by Gasteiger charge is -2.30. The Morgan fingerprint density at radius 3 is 2.65 bits per heavy atom. The zero-order chi connectivity index (χ0) is 18.7. The zero-order valence-corrected chi connectivity index (χ0v) is 14.4. The molecule has 8 heteroatoms. The molecule has 0 unspecified atom stereocenters. The van der Waals surface area contributed by atoms with Crippen LogP contribution in [0.3, 0.4) is 0 Å². The molecule has 2 fully saturated rings. The summed E-state index contributed by atoms with van der Waals surface area (Å²) in [7, 11) is 0. The molecule has 144 valence electrons. The van der Waals surface area contributed by atoms with E-state index < -0.39 is 23.9 Å². The minimum atomic E-state index is -4.44. The summed E-state index contributed by atoms with van der Waals surface area (Å²) in [6, 6.07) is 1.78. The lowest BCUT2D eigenvalue weighted by Crippen LogP contribution is -2.41. The monoisotopic (exact) mass is 372 g/mol. The van der Waals surface area contributed by atoms with Gasteiger partial charge in [0.05, 0.1) is 24.1 Å². The van der Waals surface area contributed by atoms with E-state index in [0.29, 0.717) is 24.6 Å². The first-order valence-electron chi connectivity index (χ1n) is 8.87. The van der Waals surface area contributed by atoms with Gasteiger partial charge in [0, 0.05) is 38.2 Å². The summed E-state index contributed by atoms with van der Waals surface area (Å²) in [4.78, 5) is 18.4. The first-order valence-corrected chi connectivity index (χ1v) is 8.87. The van der Waals surface area contributed by atoms with E-state index in [4.69, 9.17) is 4.74 Å². The quantitative estimate of drug-likeness (QED) is 0.858. The topological polar surface area (TPSA) is 62.7 Å². The molecule has 1 N–H and O–H groups in total. The van der Waals surface area contributed by atoms with E-state index >= 15 is 0 Å². The largest absolute Gasteiger partial charge is 0.417 e. The maximum absolute atomic E-state index is 12.7. The number of halogens is 3. The van der Waals surface area contributed by atoms with E-state index in [-0.39, 0.29) is 12.2 Å². The van der Waals surface area contributed by atoms with Gasteiger partial charge in [0.1, 0.15) is 0 Å². The van der Waals surface area contributed by atoms with Crippen LogP contribution >= 0.6 is 0 Å². The van der Waals surface area contributed by atoms with Crippen LogP contribution in [0.4, 0.5) is 13.2 Å². The number of rotatable bonds is 5. The summed E-state index contributed by atoms with van der Waals surface area (Å²) >= 11 is 0. The number of hydrogen-bond donors (Lipinski definition) is 1. The number of aliphatic hydroxyl groups is 1. The Balaban J connectivity index is 1.61. The van der Waals surface area contributed by atoms with E-state index in [0.717, 1.165) is 44.9 Å². The minimum Gasteiger partial charge on any atom is -0.392 e. The molecule has 2 aliphatic heterocycles. The van der Waals surface area contributed by atoms with Crippen molar-refractivity contribution in [2.45, 2.75) is 44.0 Å². The number of carbonyl (C=O) groups excluding carboxylic acids is 1. The van der Waals surface area contributed by atoms with Crippen molar-refractivity contribution in [1.82, 2.24) is 9.88 Å². The minimum absolute atomic E-state index is 0.0280. The first-order chi connectivity index (χ1) is 12.3. The van der Waals surface area contributed by atoms with E-state index in [2.05, 4.69) is 4.98 Å². The van der Waals surface area contributed by atoms with E-state index in [1.807, 2.05) is 4.90 Å². The number of pyridine rings is 1. The van der Waals surface area contributed by atoms with Gasteiger partial charge in [-0.2, -0.15) is 13.2 Å². The molecule has 0 aliphatic carbocycles. The van der Waals surface area contributed by atoms with E-state index in [9.17, 15) is 23.1 Å². The highest BCUT2D eigenvalue weighted by atomic mass is 19.4. The normalized spacial score (nSPS) is 25.5. The van der Waals surface area contributed by atoms with Crippen LogP contribution in [0, 0.1) is 5.92 Å². The third-order valence-corrected chi connectivity index (χ3v) is 5.09. The van der Waals surface area contributed by atoms with Crippen LogP contribution in [0.25, 0.3) is 0 Å². The summed E-state index contributed by atoms with van der Waals surface area (Å²) in [5.41, 5.74) is -0.512. The molecule has 26 heavy (non-hydrogen) atoms. The number of ketones is 1. The van der Waals surface area contributed by atoms with Crippen molar-refractivity contribution in [3.63, 3.8) is 0 Å². The molecule has 2 saturated heterocycles. The molecule has 1 aromatic rings. The molecule has 0 amide bonds. The SMILES string of the molecule is O=C(Cc1ccc(C(F)(F)F)cn1)[C@@H]1C[C@@H](O)CN1CC1CCOCC1. The Morgan fingerprint density at radius 2 is 2.04 bits per heavy atom. The lowest BCUT2D eigenvalue weighted by atomic mass is 9.98. The second-order valence-electron chi connectivity index (χ2n) is 7.09. The van der Waals surface area contributed by atoms with Crippen molar-refractivity contribution in [3.05, 3.63) is 29.6 Å². The maximum Gasteiger partial charge on any atom is 0.417 e. The molecule has 3 heterocycles. The van der Waals surface area contributed by atoms with E-state index in [1.165, 1.54) is 6.07 Å². The van der Waals surface area contributed by atoms with Crippen molar-refractivity contribution in [3.8, 4) is 0 Å². The van der Waals surface area contributed by atoms with Gasteiger partial charge in [0.2, 0.25) is 0 Å². The summed E-state index contributed by atoms with van der Waals surface area (Å²) in [5, 5.41) is 9.98. The molecule has 0 radical (unpaired) electrons. The number of likely N-dealkylation sites (tertiary alicyclic amines) is 1.